The third-order valence-electron chi connectivity index (χ3n) is 3.48. The lowest BCUT2D eigenvalue weighted by molar-refractivity contribution is -0.124. The standard InChI is InChI=1S/C19H20IN3O2/c1-2-14-6-8-17(9-7-14)22-18(24)10-11-19(25)23-21-13-15-4-3-5-16(20)12-15/h3-9,12-13H,2,10-11H2,1H3,(H,22,24)(H,23,25). The Hall–Kier alpha value is -2.22. The van der Waals surface area contributed by atoms with E-state index in [1.54, 1.807) is 6.21 Å². The molecule has 0 atom stereocenters. The van der Waals surface area contributed by atoms with E-state index in [-0.39, 0.29) is 24.7 Å². The zero-order chi connectivity index (χ0) is 18.1. The molecule has 5 nitrogen and oxygen atoms in total. The average Bonchev–Trinajstić information content (AvgIpc) is 2.61. The molecule has 0 aliphatic heterocycles. The number of rotatable bonds is 7. The van der Waals surface area contributed by atoms with Gasteiger partial charge in [-0.1, -0.05) is 31.2 Å². The molecule has 0 saturated heterocycles. The van der Waals surface area contributed by atoms with Gasteiger partial charge in [-0.15, -0.1) is 0 Å². The fourth-order valence-electron chi connectivity index (χ4n) is 2.10. The predicted octanol–water partition coefficient (Wildman–Crippen LogP) is 3.72. The minimum absolute atomic E-state index is 0.0859. The van der Waals surface area contributed by atoms with Crippen LogP contribution in [-0.2, 0) is 16.0 Å². The van der Waals surface area contributed by atoms with Gasteiger partial charge < -0.3 is 5.32 Å². The van der Waals surface area contributed by atoms with E-state index in [0.29, 0.717) is 0 Å². The minimum atomic E-state index is -0.293. The molecule has 0 radical (unpaired) electrons. The first-order valence-electron chi connectivity index (χ1n) is 8.03. The van der Waals surface area contributed by atoms with Gasteiger partial charge in [-0.05, 0) is 64.4 Å². The molecule has 0 bridgehead atoms. The Bertz CT molecular complexity index is 758. The molecule has 6 heteroatoms. The normalized spacial score (nSPS) is 10.6. The Kier molecular flexibility index (Phi) is 7.59. The van der Waals surface area contributed by atoms with Crippen molar-refractivity contribution in [3.05, 3.63) is 63.2 Å². The summed E-state index contributed by atoms with van der Waals surface area (Å²) in [5.41, 5.74) is 5.28. The summed E-state index contributed by atoms with van der Waals surface area (Å²) >= 11 is 2.21. The smallest absolute Gasteiger partial charge is 0.240 e. The van der Waals surface area contributed by atoms with Gasteiger partial charge in [-0.25, -0.2) is 5.43 Å². The van der Waals surface area contributed by atoms with E-state index in [4.69, 9.17) is 0 Å². The number of nitrogens with zero attached hydrogens (tertiary/aromatic N) is 1. The van der Waals surface area contributed by atoms with Crippen LogP contribution in [0, 0.1) is 3.57 Å². The van der Waals surface area contributed by atoms with E-state index < -0.39 is 0 Å². The number of benzene rings is 2. The lowest BCUT2D eigenvalue weighted by atomic mass is 10.1. The number of carbonyl (C=O) groups is 2. The van der Waals surface area contributed by atoms with Crippen LogP contribution in [-0.4, -0.2) is 18.0 Å². The van der Waals surface area contributed by atoms with Crippen molar-refractivity contribution in [1.29, 1.82) is 0 Å². The first kappa shape index (κ1) is 19.1. The van der Waals surface area contributed by atoms with Crippen LogP contribution in [0.5, 0.6) is 0 Å². The quantitative estimate of drug-likeness (QED) is 0.384. The predicted molar refractivity (Wildman–Crippen MR) is 109 cm³/mol. The molecule has 0 aliphatic rings. The highest BCUT2D eigenvalue weighted by atomic mass is 127. The van der Waals surface area contributed by atoms with Crippen LogP contribution < -0.4 is 10.7 Å². The molecular weight excluding hydrogens is 429 g/mol. The van der Waals surface area contributed by atoms with E-state index in [1.165, 1.54) is 5.56 Å². The second-order valence-corrected chi connectivity index (χ2v) is 6.69. The molecule has 0 saturated carbocycles. The van der Waals surface area contributed by atoms with Gasteiger partial charge in [0.2, 0.25) is 11.8 Å². The second-order valence-electron chi connectivity index (χ2n) is 5.45. The maximum atomic E-state index is 11.9. The van der Waals surface area contributed by atoms with Gasteiger partial charge in [-0.3, -0.25) is 9.59 Å². The van der Waals surface area contributed by atoms with Crippen molar-refractivity contribution in [3.63, 3.8) is 0 Å². The molecule has 0 heterocycles. The monoisotopic (exact) mass is 449 g/mol. The van der Waals surface area contributed by atoms with E-state index in [2.05, 4.69) is 45.4 Å². The molecular formula is C19H20IN3O2. The van der Waals surface area contributed by atoms with Crippen LogP contribution in [0.3, 0.4) is 0 Å². The first-order chi connectivity index (χ1) is 12.1. The van der Waals surface area contributed by atoms with Gasteiger partial charge in [0.1, 0.15) is 0 Å². The Morgan fingerprint density at radius 1 is 1.08 bits per heavy atom. The molecule has 0 unspecified atom stereocenters. The molecule has 2 N–H and O–H groups in total. The summed E-state index contributed by atoms with van der Waals surface area (Å²) in [6.07, 6.45) is 2.73. The summed E-state index contributed by atoms with van der Waals surface area (Å²) in [4.78, 5) is 23.6. The maximum Gasteiger partial charge on any atom is 0.240 e. The molecule has 130 valence electrons. The van der Waals surface area contributed by atoms with Gasteiger partial charge in [0.05, 0.1) is 6.21 Å². The number of amides is 2. The average molecular weight is 449 g/mol. The van der Waals surface area contributed by atoms with Crippen molar-refractivity contribution >= 4 is 46.3 Å². The van der Waals surface area contributed by atoms with Crippen molar-refractivity contribution in [2.75, 3.05) is 5.32 Å². The highest BCUT2D eigenvalue weighted by Crippen LogP contribution is 2.10. The Morgan fingerprint density at radius 2 is 1.80 bits per heavy atom. The molecule has 2 amide bonds. The van der Waals surface area contributed by atoms with Crippen molar-refractivity contribution in [2.45, 2.75) is 26.2 Å². The number of nitrogens with one attached hydrogen (secondary N) is 2. The fraction of sp³-hybridized carbons (Fsp3) is 0.211. The number of halogens is 1. The van der Waals surface area contributed by atoms with Gasteiger partial charge in [0.15, 0.2) is 0 Å². The number of hydrogen-bond donors (Lipinski definition) is 2. The topological polar surface area (TPSA) is 70.6 Å². The summed E-state index contributed by atoms with van der Waals surface area (Å²) < 4.78 is 1.09. The maximum absolute atomic E-state index is 11.9. The van der Waals surface area contributed by atoms with Crippen LogP contribution in [0.2, 0.25) is 0 Å². The minimum Gasteiger partial charge on any atom is -0.326 e. The molecule has 2 aromatic rings. The zero-order valence-electron chi connectivity index (χ0n) is 14.0. The Balaban J connectivity index is 1.72. The SMILES string of the molecule is CCc1ccc(NC(=O)CCC(=O)NN=Cc2cccc(I)c2)cc1. The largest absolute Gasteiger partial charge is 0.326 e. The summed E-state index contributed by atoms with van der Waals surface area (Å²) in [6.45, 7) is 2.08. The van der Waals surface area contributed by atoms with Crippen LogP contribution in [0.1, 0.15) is 30.9 Å². The van der Waals surface area contributed by atoms with E-state index >= 15 is 0 Å². The second kappa shape index (κ2) is 9.93. The summed E-state index contributed by atoms with van der Waals surface area (Å²) in [6, 6.07) is 15.4. The molecule has 0 aliphatic carbocycles. The molecule has 2 aromatic carbocycles. The van der Waals surface area contributed by atoms with E-state index in [0.717, 1.165) is 21.2 Å². The number of hydrazone groups is 1. The first-order valence-corrected chi connectivity index (χ1v) is 9.11. The number of hydrogen-bond acceptors (Lipinski definition) is 3. The van der Waals surface area contributed by atoms with Crippen LogP contribution in [0.25, 0.3) is 0 Å². The molecule has 0 spiro atoms. The van der Waals surface area contributed by atoms with E-state index in [9.17, 15) is 9.59 Å². The zero-order valence-corrected chi connectivity index (χ0v) is 16.1. The summed E-state index contributed by atoms with van der Waals surface area (Å²) in [7, 11) is 0. The Morgan fingerprint density at radius 3 is 2.48 bits per heavy atom. The van der Waals surface area contributed by atoms with Gasteiger partial charge in [-0.2, -0.15) is 5.10 Å². The lowest BCUT2D eigenvalue weighted by Crippen LogP contribution is -2.20. The van der Waals surface area contributed by atoms with E-state index in [1.807, 2.05) is 48.5 Å². The van der Waals surface area contributed by atoms with Crippen LogP contribution in [0.15, 0.2) is 53.6 Å². The number of aryl methyl sites for hydroxylation is 1. The highest BCUT2D eigenvalue weighted by molar-refractivity contribution is 14.1. The third kappa shape index (κ3) is 7.04. The van der Waals surface area contributed by atoms with Crippen LogP contribution in [0.4, 0.5) is 5.69 Å². The van der Waals surface area contributed by atoms with Gasteiger partial charge >= 0.3 is 0 Å². The van der Waals surface area contributed by atoms with Gasteiger partial charge in [0, 0.05) is 22.1 Å². The molecule has 0 fully saturated rings. The van der Waals surface area contributed by atoms with Crippen LogP contribution >= 0.6 is 22.6 Å². The summed E-state index contributed by atoms with van der Waals surface area (Å²) in [5.74, 6) is -0.487. The van der Waals surface area contributed by atoms with Crippen molar-refractivity contribution in [1.82, 2.24) is 5.43 Å². The molecule has 0 aromatic heterocycles. The fourth-order valence-corrected chi connectivity index (χ4v) is 2.66. The molecule has 2 rings (SSSR count). The lowest BCUT2D eigenvalue weighted by Gasteiger charge is -2.05. The van der Waals surface area contributed by atoms with Crippen molar-refractivity contribution < 1.29 is 9.59 Å². The van der Waals surface area contributed by atoms with Gasteiger partial charge in [0.25, 0.3) is 0 Å². The highest BCUT2D eigenvalue weighted by Gasteiger charge is 2.06. The Labute approximate surface area is 161 Å². The summed E-state index contributed by atoms with van der Waals surface area (Å²) in [5, 5.41) is 6.68. The molecule has 25 heavy (non-hydrogen) atoms. The van der Waals surface area contributed by atoms with Crippen molar-refractivity contribution in [3.8, 4) is 0 Å². The number of carbonyl (C=O) groups excluding carboxylic acids is 2. The third-order valence-corrected chi connectivity index (χ3v) is 4.15. The number of anilines is 1. The van der Waals surface area contributed by atoms with Crippen molar-refractivity contribution in [2.24, 2.45) is 5.10 Å².